The first kappa shape index (κ1) is 14.4. The smallest absolute Gasteiger partial charge is 0.216 e. The molecule has 1 aliphatic carbocycles. The SMILES string of the molecule is O=S(=O)(Cc1c(F)cccc1F)NCC1(CO)CC1. The van der Waals surface area contributed by atoms with Gasteiger partial charge in [-0.25, -0.2) is 21.9 Å². The fourth-order valence-corrected chi connectivity index (χ4v) is 3.03. The Morgan fingerprint density at radius 1 is 1.26 bits per heavy atom. The largest absolute Gasteiger partial charge is 0.396 e. The van der Waals surface area contributed by atoms with Gasteiger partial charge in [-0.1, -0.05) is 6.07 Å². The highest BCUT2D eigenvalue weighted by molar-refractivity contribution is 7.88. The zero-order valence-corrected chi connectivity index (χ0v) is 11.0. The lowest BCUT2D eigenvalue weighted by atomic mass is 10.1. The average Bonchev–Trinajstić information content (AvgIpc) is 3.13. The summed E-state index contributed by atoms with van der Waals surface area (Å²) in [5.41, 5.74) is -0.857. The lowest BCUT2D eigenvalue weighted by Gasteiger charge is -2.13. The summed E-state index contributed by atoms with van der Waals surface area (Å²) in [5, 5.41) is 9.08. The number of halogens is 2. The van der Waals surface area contributed by atoms with Gasteiger partial charge in [0.2, 0.25) is 10.0 Å². The molecule has 106 valence electrons. The molecule has 1 aliphatic rings. The van der Waals surface area contributed by atoms with Gasteiger partial charge in [-0.05, 0) is 25.0 Å². The normalized spacial score (nSPS) is 17.4. The van der Waals surface area contributed by atoms with Crippen LogP contribution in [-0.4, -0.2) is 26.7 Å². The summed E-state index contributed by atoms with van der Waals surface area (Å²) in [7, 11) is -3.82. The zero-order chi connectivity index (χ0) is 14.1. The molecule has 0 radical (unpaired) electrons. The minimum atomic E-state index is -3.82. The first-order valence-electron chi connectivity index (χ1n) is 5.89. The van der Waals surface area contributed by atoms with Gasteiger partial charge in [-0.15, -0.1) is 0 Å². The standard InChI is InChI=1S/C12H15F2NO3S/c13-10-2-1-3-11(14)9(10)6-19(17,18)15-7-12(8-16)4-5-12/h1-3,15-16H,4-8H2. The van der Waals surface area contributed by atoms with Crippen LogP contribution in [0.5, 0.6) is 0 Å². The Bertz CT molecular complexity index is 550. The van der Waals surface area contributed by atoms with Crippen LogP contribution < -0.4 is 4.72 Å². The van der Waals surface area contributed by atoms with Crippen molar-refractivity contribution in [2.75, 3.05) is 13.2 Å². The number of hydrogen-bond donors (Lipinski definition) is 2. The van der Waals surface area contributed by atoms with Gasteiger partial charge >= 0.3 is 0 Å². The maximum Gasteiger partial charge on any atom is 0.216 e. The first-order valence-corrected chi connectivity index (χ1v) is 7.54. The molecule has 2 rings (SSSR count). The lowest BCUT2D eigenvalue weighted by molar-refractivity contribution is 0.213. The highest BCUT2D eigenvalue weighted by Gasteiger charge is 2.42. The summed E-state index contributed by atoms with van der Waals surface area (Å²) in [6.45, 7) is 0.00544. The minimum Gasteiger partial charge on any atom is -0.396 e. The van der Waals surface area contributed by atoms with E-state index in [0.29, 0.717) is 0 Å². The van der Waals surface area contributed by atoms with Crippen LogP contribution in [0.3, 0.4) is 0 Å². The molecule has 0 saturated heterocycles. The van der Waals surface area contributed by atoms with Crippen LogP contribution in [0.15, 0.2) is 18.2 Å². The van der Waals surface area contributed by atoms with Crippen LogP contribution in [0.2, 0.25) is 0 Å². The molecular formula is C12H15F2NO3S. The lowest BCUT2D eigenvalue weighted by Crippen LogP contribution is -2.33. The first-order chi connectivity index (χ1) is 8.87. The Kier molecular flexibility index (Phi) is 3.89. The van der Waals surface area contributed by atoms with Gasteiger partial charge in [-0.2, -0.15) is 0 Å². The molecule has 0 aliphatic heterocycles. The highest BCUT2D eigenvalue weighted by Crippen LogP contribution is 2.44. The molecule has 0 atom stereocenters. The van der Waals surface area contributed by atoms with Crippen molar-refractivity contribution < 1.29 is 22.3 Å². The fourth-order valence-electron chi connectivity index (χ4n) is 1.74. The molecule has 2 N–H and O–H groups in total. The van der Waals surface area contributed by atoms with Gasteiger partial charge in [-0.3, -0.25) is 0 Å². The molecule has 0 amide bonds. The zero-order valence-electron chi connectivity index (χ0n) is 10.2. The molecule has 0 heterocycles. The van der Waals surface area contributed by atoms with Crippen LogP contribution in [-0.2, 0) is 15.8 Å². The predicted octanol–water partition coefficient (Wildman–Crippen LogP) is 1.16. The summed E-state index contributed by atoms with van der Waals surface area (Å²) >= 11 is 0. The van der Waals surface area contributed by atoms with Crippen LogP contribution in [0.25, 0.3) is 0 Å². The van der Waals surface area contributed by atoms with E-state index in [2.05, 4.69) is 4.72 Å². The summed E-state index contributed by atoms with van der Waals surface area (Å²) in [4.78, 5) is 0. The van der Waals surface area contributed by atoms with E-state index in [1.165, 1.54) is 6.07 Å². The third-order valence-corrected chi connectivity index (χ3v) is 4.61. The second-order valence-electron chi connectivity index (χ2n) is 4.94. The second-order valence-corrected chi connectivity index (χ2v) is 6.75. The van der Waals surface area contributed by atoms with Gasteiger partial charge in [0.15, 0.2) is 0 Å². The summed E-state index contributed by atoms with van der Waals surface area (Å²) < 4.78 is 52.6. The van der Waals surface area contributed by atoms with Crippen LogP contribution >= 0.6 is 0 Å². The Hall–Kier alpha value is -1.05. The number of hydrogen-bond acceptors (Lipinski definition) is 3. The number of benzene rings is 1. The van der Waals surface area contributed by atoms with Crippen molar-refractivity contribution in [2.45, 2.75) is 18.6 Å². The van der Waals surface area contributed by atoms with E-state index in [1.54, 1.807) is 0 Å². The topological polar surface area (TPSA) is 66.4 Å². The summed E-state index contributed by atoms with van der Waals surface area (Å²) in [6, 6.07) is 3.22. The van der Waals surface area contributed by atoms with E-state index in [1.807, 2.05) is 0 Å². The van der Waals surface area contributed by atoms with Gasteiger partial charge < -0.3 is 5.11 Å². The van der Waals surface area contributed by atoms with Gasteiger partial charge in [0.05, 0.1) is 5.75 Å². The van der Waals surface area contributed by atoms with Gasteiger partial charge in [0.25, 0.3) is 0 Å². The quantitative estimate of drug-likeness (QED) is 0.826. The average molecular weight is 291 g/mol. The number of rotatable bonds is 6. The van der Waals surface area contributed by atoms with Crippen molar-refractivity contribution in [1.29, 1.82) is 0 Å². The van der Waals surface area contributed by atoms with E-state index in [-0.39, 0.29) is 18.6 Å². The summed E-state index contributed by atoms with van der Waals surface area (Å²) in [6.07, 6.45) is 1.50. The Balaban J connectivity index is 2.05. The van der Waals surface area contributed by atoms with Crippen molar-refractivity contribution in [3.63, 3.8) is 0 Å². The van der Waals surface area contributed by atoms with Crippen molar-refractivity contribution in [3.8, 4) is 0 Å². The maximum atomic E-state index is 13.4. The third kappa shape index (κ3) is 3.49. The second kappa shape index (κ2) is 5.15. The van der Waals surface area contributed by atoms with Gasteiger partial charge in [0.1, 0.15) is 11.6 Å². The molecule has 1 aromatic carbocycles. The number of aliphatic hydroxyl groups excluding tert-OH is 1. The van der Waals surface area contributed by atoms with Crippen LogP contribution in [0.4, 0.5) is 8.78 Å². The molecule has 0 bridgehead atoms. The fraction of sp³-hybridized carbons (Fsp3) is 0.500. The van der Waals surface area contributed by atoms with E-state index in [4.69, 9.17) is 5.11 Å². The molecule has 4 nitrogen and oxygen atoms in total. The monoisotopic (exact) mass is 291 g/mol. The van der Waals surface area contributed by atoms with Crippen LogP contribution in [0.1, 0.15) is 18.4 Å². The molecule has 1 fully saturated rings. The molecule has 19 heavy (non-hydrogen) atoms. The number of nitrogens with one attached hydrogen (secondary N) is 1. The van der Waals surface area contributed by atoms with Gasteiger partial charge in [0, 0.05) is 24.1 Å². The minimum absolute atomic E-state index is 0.0937. The number of aliphatic hydroxyl groups is 1. The highest BCUT2D eigenvalue weighted by atomic mass is 32.2. The Morgan fingerprint density at radius 3 is 2.32 bits per heavy atom. The van der Waals surface area contributed by atoms with Crippen LogP contribution in [0, 0.1) is 17.0 Å². The van der Waals surface area contributed by atoms with E-state index < -0.39 is 33.0 Å². The molecule has 0 aromatic heterocycles. The van der Waals surface area contributed by atoms with Crippen molar-refractivity contribution in [1.82, 2.24) is 4.72 Å². The predicted molar refractivity (Wildman–Crippen MR) is 65.7 cm³/mol. The van der Waals surface area contributed by atoms with E-state index in [0.717, 1.165) is 25.0 Å². The summed E-state index contributed by atoms with van der Waals surface area (Å²) in [5.74, 6) is -2.50. The molecule has 1 saturated carbocycles. The van der Waals surface area contributed by atoms with Crippen molar-refractivity contribution in [3.05, 3.63) is 35.4 Å². The third-order valence-electron chi connectivity index (χ3n) is 3.36. The van der Waals surface area contributed by atoms with E-state index >= 15 is 0 Å². The Morgan fingerprint density at radius 2 is 1.84 bits per heavy atom. The molecule has 0 spiro atoms. The van der Waals surface area contributed by atoms with Crippen molar-refractivity contribution >= 4 is 10.0 Å². The molecular weight excluding hydrogens is 276 g/mol. The molecule has 0 unspecified atom stereocenters. The maximum absolute atomic E-state index is 13.4. The van der Waals surface area contributed by atoms with Crippen molar-refractivity contribution in [2.24, 2.45) is 5.41 Å². The number of sulfonamides is 1. The molecule has 7 heteroatoms. The Labute approximate surface area is 110 Å². The molecule has 1 aromatic rings. The van der Waals surface area contributed by atoms with E-state index in [9.17, 15) is 17.2 Å².